The van der Waals surface area contributed by atoms with Crippen molar-refractivity contribution in [3.05, 3.63) is 74.5 Å². The predicted octanol–water partition coefficient (Wildman–Crippen LogP) is -0.686. The molecular formula is C20H16MgN4-2. The van der Waals surface area contributed by atoms with Crippen LogP contribution in [0, 0.1) is 0 Å². The maximum Gasteiger partial charge on any atom is 2.00 e. The zero-order chi connectivity index (χ0) is 15.9. The molecule has 0 aromatic carbocycles. The molecule has 5 heterocycles. The van der Waals surface area contributed by atoms with E-state index < -0.39 is 0 Å². The van der Waals surface area contributed by atoms with Gasteiger partial charge in [0.15, 0.2) is 0 Å². The molecule has 4 nitrogen and oxygen atoms in total. The Bertz CT molecular complexity index is 1030. The minimum Gasteiger partial charge on any atom is -0.658 e. The molecule has 3 aromatic heterocycles. The Morgan fingerprint density at radius 1 is 0.600 bits per heavy atom. The van der Waals surface area contributed by atoms with Crippen LogP contribution in [0.5, 0.6) is 0 Å². The second-order valence-corrected chi connectivity index (χ2v) is 6.37. The van der Waals surface area contributed by atoms with E-state index in [0.717, 1.165) is 45.6 Å². The van der Waals surface area contributed by atoms with E-state index in [1.807, 2.05) is 36.4 Å². The van der Waals surface area contributed by atoms with Gasteiger partial charge in [0.2, 0.25) is 0 Å². The molecule has 1 saturated heterocycles. The second kappa shape index (κ2) is 6.75. The van der Waals surface area contributed by atoms with Gasteiger partial charge in [-0.15, -0.1) is 57.0 Å². The van der Waals surface area contributed by atoms with Crippen molar-refractivity contribution in [2.45, 2.75) is 24.9 Å². The van der Waals surface area contributed by atoms with Crippen LogP contribution in [0.25, 0.3) is 29.6 Å². The van der Waals surface area contributed by atoms with Crippen LogP contribution in [0.3, 0.4) is 0 Å². The van der Waals surface area contributed by atoms with E-state index in [1.54, 1.807) is 0 Å². The molecule has 2 atom stereocenters. The molecule has 5 rings (SSSR count). The van der Waals surface area contributed by atoms with Gasteiger partial charge in [-0.25, -0.2) is 0 Å². The number of fused-ring (bicyclic) bond motifs is 8. The summed E-state index contributed by atoms with van der Waals surface area (Å²) >= 11 is 0. The summed E-state index contributed by atoms with van der Waals surface area (Å²) in [5.74, 6) is 0. The van der Waals surface area contributed by atoms with Gasteiger partial charge in [0.25, 0.3) is 0 Å². The first-order valence-corrected chi connectivity index (χ1v) is 8.31. The number of rotatable bonds is 0. The largest absolute Gasteiger partial charge is 2.00 e. The smallest absolute Gasteiger partial charge is 0.658 e. The van der Waals surface area contributed by atoms with Gasteiger partial charge in [-0.2, -0.15) is 0 Å². The number of aromatic nitrogens is 3. The molecule has 3 aromatic rings. The first-order valence-electron chi connectivity index (χ1n) is 8.31. The zero-order valence-corrected chi connectivity index (χ0v) is 15.3. The minimum absolute atomic E-state index is 0. The predicted molar refractivity (Wildman–Crippen MR) is 99.8 cm³/mol. The molecular weight excluding hydrogens is 321 g/mol. The quantitative estimate of drug-likeness (QED) is 0.511. The maximum absolute atomic E-state index is 4.87. The Balaban J connectivity index is 0.00000157. The Morgan fingerprint density at radius 3 is 1.60 bits per heavy atom. The van der Waals surface area contributed by atoms with Gasteiger partial charge in [-0.05, 0) is 0 Å². The van der Waals surface area contributed by atoms with Crippen molar-refractivity contribution in [3.63, 3.8) is 0 Å². The Morgan fingerprint density at radius 2 is 1.08 bits per heavy atom. The average Bonchev–Trinajstić information content (AvgIpc) is 3.32. The summed E-state index contributed by atoms with van der Waals surface area (Å²) in [5, 5.41) is 8.74. The molecule has 2 aliphatic heterocycles. The monoisotopic (exact) mass is 336 g/mol. The number of nitrogens with zero attached hydrogens (tertiary/aromatic N) is 4. The van der Waals surface area contributed by atoms with Crippen molar-refractivity contribution < 1.29 is 0 Å². The van der Waals surface area contributed by atoms with Crippen LogP contribution in [0.4, 0.5) is 0 Å². The molecule has 5 heteroatoms. The Kier molecular flexibility index (Phi) is 4.46. The standard InChI is InChI=1S/C20H16N4.Mg/c1-2-14-10-16-5-6-18(23-16)12-20-8-7-19(24-20)11-17-4-3-15(22-17)9-13(1)21-14;/h1-6,9-12,19-20H,7-8H2;/q-4;+2/b15-9-,16-10-,17-11-,18-12-;. The van der Waals surface area contributed by atoms with Crippen LogP contribution in [-0.4, -0.2) is 35.1 Å². The summed E-state index contributed by atoms with van der Waals surface area (Å²) in [7, 11) is 0. The summed E-state index contributed by atoms with van der Waals surface area (Å²) in [6.07, 6.45) is 10.5. The van der Waals surface area contributed by atoms with Crippen molar-refractivity contribution >= 4 is 47.4 Å². The molecule has 0 N–H and O–H groups in total. The third kappa shape index (κ3) is 3.54. The SMILES string of the molecule is C1=c2/cc/c([n-]2)=C/C2CCC(/C=c3/cc/c([n-]3)=C/c3ccc/1[n-]3)[N-]2.[Mg+2]. The van der Waals surface area contributed by atoms with Crippen molar-refractivity contribution in [2.24, 2.45) is 0 Å². The van der Waals surface area contributed by atoms with Crippen molar-refractivity contribution in [2.75, 3.05) is 0 Å². The molecule has 2 unspecified atom stereocenters. The summed E-state index contributed by atoms with van der Waals surface area (Å²) in [6.45, 7) is 0. The minimum atomic E-state index is 0. The van der Waals surface area contributed by atoms with Gasteiger partial charge < -0.3 is 20.3 Å². The van der Waals surface area contributed by atoms with E-state index in [9.17, 15) is 0 Å². The topological polar surface area (TPSA) is 56.4 Å². The van der Waals surface area contributed by atoms with E-state index in [-0.39, 0.29) is 35.1 Å². The van der Waals surface area contributed by atoms with Gasteiger partial charge in [-0.3, -0.25) is 0 Å². The summed E-state index contributed by atoms with van der Waals surface area (Å²) < 4.78 is 0. The second-order valence-electron chi connectivity index (χ2n) is 6.37. The number of hydrogen-bond acceptors (Lipinski definition) is 0. The van der Waals surface area contributed by atoms with Crippen molar-refractivity contribution in [1.29, 1.82) is 0 Å². The molecule has 1 fully saturated rings. The van der Waals surface area contributed by atoms with Gasteiger partial charge in [0.05, 0.1) is 0 Å². The summed E-state index contributed by atoms with van der Waals surface area (Å²) in [6, 6.07) is 12.7. The zero-order valence-electron chi connectivity index (χ0n) is 13.8. The van der Waals surface area contributed by atoms with Gasteiger partial charge in [0, 0.05) is 0 Å². The van der Waals surface area contributed by atoms with Gasteiger partial charge >= 0.3 is 23.1 Å². The molecule has 0 spiro atoms. The van der Waals surface area contributed by atoms with Gasteiger partial charge in [-0.1, -0.05) is 61.4 Å². The van der Waals surface area contributed by atoms with Crippen LogP contribution in [-0.2, 0) is 0 Å². The van der Waals surface area contributed by atoms with Crippen LogP contribution in [0.2, 0.25) is 0 Å². The van der Waals surface area contributed by atoms with Crippen molar-refractivity contribution in [3.8, 4) is 0 Å². The van der Waals surface area contributed by atoms with Crippen molar-refractivity contribution in [1.82, 2.24) is 15.0 Å². The fourth-order valence-electron chi connectivity index (χ4n) is 3.38. The Hall–Kier alpha value is -1.95. The van der Waals surface area contributed by atoms with Crippen LogP contribution >= 0.6 is 0 Å². The fraction of sp³-hybridized carbons (Fsp3) is 0.200. The van der Waals surface area contributed by atoms with E-state index in [4.69, 9.17) is 5.32 Å². The maximum atomic E-state index is 4.87. The summed E-state index contributed by atoms with van der Waals surface area (Å²) in [4.78, 5) is 13.9. The third-order valence-electron chi connectivity index (χ3n) is 4.51. The molecule has 120 valence electrons. The average molecular weight is 337 g/mol. The van der Waals surface area contributed by atoms with Crippen LogP contribution in [0.1, 0.15) is 24.2 Å². The number of hydrogen-bond donors (Lipinski definition) is 0. The molecule has 0 saturated carbocycles. The van der Waals surface area contributed by atoms with E-state index in [2.05, 4.69) is 39.2 Å². The molecule has 0 radical (unpaired) electrons. The Labute approximate surface area is 161 Å². The van der Waals surface area contributed by atoms with Crippen LogP contribution in [0.15, 0.2) is 36.4 Å². The van der Waals surface area contributed by atoms with E-state index >= 15 is 0 Å². The fourth-order valence-corrected chi connectivity index (χ4v) is 3.38. The van der Waals surface area contributed by atoms with E-state index in [1.165, 1.54) is 0 Å². The first kappa shape index (κ1) is 16.5. The van der Waals surface area contributed by atoms with Crippen LogP contribution < -0.4 is 36.3 Å². The molecule has 25 heavy (non-hydrogen) atoms. The molecule has 8 bridgehead atoms. The third-order valence-corrected chi connectivity index (χ3v) is 4.51. The normalized spacial score (nSPS) is 26.7. The summed E-state index contributed by atoms with van der Waals surface area (Å²) in [5.41, 5.74) is 1.84. The molecule has 0 amide bonds. The molecule has 0 aliphatic carbocycles. The van der Waals surface area contributed by atoms with E-state index in [0.29, 0.717) is 0 Å². The first-order chi connectivity index (χ1) is 11.8. The van der Waals surface area contributed by atoms with Gasteiger partial charge in [0.1, 0.15) is 0 Å². The molecule has 2 aliphatic rings.